The van der Waals surface area contributed by atoms with Crippen LogP contribution in [-0.2, 0) is 4.32 Å². The molecular formula is C14H14BrCl3. The van der Waals surface area contributed by atoms with Crippen molar-refractivity contribution >= 4 is 50.7 Å². The molecule has 0 heterocycles. The lowest BCUT2D eigenvalue weighted by Crippen LogP contribution is -2.62. The molecule has 0 radical (unpaired) electrons. The molecule has 4 heteroatoms. The maximum atomic E-state index is 6.16. The zero-order valence-corrected chi connectivity index (χ0v) is 13.6. The largest absolute Gasteiger partial charge is 0.194 e. The van der Waals surface area contributed by atoms with Crippen LogP contribution in [0.2, 0.25) is 0 Å². The number of benzene rings is 1. The minimum Gasteiger partial charge on any atom is -0.0834 e. The monoisotopic (exact) mass is 366 g/mol. The molecular weight excluding hydrogens is 354 g/mol. The van der Waals surface area contributed by atoms with Gasteiger partial charge in [0.15, 0.2) is 3.79 Å². The van der Waals surface area contributed by atoms with Crippen LogP contribution in [0.4, 0.5) is 0 Å². The Morgan fingerprint density at radius 3 is 2.11 bits per heavy atom. The topological polar surface area (TPSA) is 0 Å². The predicted molar refractivity (Wildman–Crippen MR) is 81.7 cm³/mol. The van der Waals surface area contributed by atoms with E-state index in [9.17, 15) is 0 Å². The Hall–Kier alpha value is 0.570. The fourth-order valence-corrected chi connectivity index (χ4v) is 6.08. The Bertz CT molecular complexity index is 428. The summed E-state index contributed by atoms with van der Waals surface area (Å²) in [6, 6.07) is 10.6. The van der Waals surface area contributed by atoms with Gasteiger partial charge in [-0.1, -0.05) is 87.5 Å². The molecule has 1 aromatic carbocycles. The van der Waals surface area contributed by atoms with Gasteiger partial charge in [-0.05, 0) is 30.2 Å². The standard InChI is InChI=1S/C14H14BrCl3/c15-13(9-5-2-1-3-6-9)10-7-4-8-11(13)12(10)14(16,17)18/h1-3,5-6,10-12H,4,7-8H2/t10-,11+,12?,13?. The van der Waals surface area contributed by atoms with E-state index < -0.39 is 3.79 Å². The van der Waals surface area contributed by atoms with Gasteiger partial charge in [0, 0.05) is 5.92 Å². The third-order valence-electron chi connectivity index (χ3n) is 4.57. The molecule has 0 spiro atoms. The van der Waals surface area contributed by atoms with Crippen molar-refractivity contribution in [1.82, 2.24) is 0 Å². The van der Waals surface area contributed by atoms with E-state index in [1.807, 2.05) is 6.07 Å². The van der Waals surface area contributed by atoms with Crippen molar-refractivity contribution in [3.63, 3.8) is 0 Å². The fourth-order valence-electron chi connectivity index (χ4n) is 3.87. The van der Waals surface area contributed by atoms with Crippen LogP contribution in [0, 0.1) is 17.8 Å². The summed E-state index contributed by atoms with van der Waals surface area (Å²) < 4.78 is -1.12. The van der Waals surface area contributed by atoms with E-state index >= 15 is 0 Å². The molecule has 0 saturated heterocycles. The zero-order chi connectivity index (χ0) is 13.0. The molecule has 0 N–H and O–H groups in total. The molecule has 2 unspecified atom stereocenters. The second kappa shape index (κ2) is 4.55. The summed E-state index contributed by atoms with van der Waals surface area (Å²) >= 11 is 22.5. The van der Waals surface area contributed by atoms with Crippen molar-refractivity contribution in [3.8, 4) is 0 Å². The molecule has 2 aliphatic carbocycles. The Kier molecular flexibility index (Phi) is 3.42. The summed E-state index contributed by atoms with van der Waals surface area (Å²) in [4.78, 5) is 0. The average molecular weight is 369 g/mol. The molecule has 18 heavy (non-hydrogen) atoms. The highest BCUT2D eigenvalue weighted by atomic mass is 79.9. The van der Waals surface area contributed by atoms with Crippen LogP contribution in [0.25, 0.3) is 0 Å². The first-order valence-corrected chi connectivity index (χ1v) is 8.19. The van der Waals surface area contributed by atoms with Gasteiger partial charge >= 0.3 is 0 Å². The lowest BCUT2D eigenvalue weighted by atomic mass is 9.49. The minimum atomic E-state index is -1.14. The second-order valence-corrected chi connectivity index (χ2v) is 9.03. The predicted octanol–water partition coefficient (Wildman–Crippen LogP) is 5.69. The second-order valence-electron chi connectivity index (χ2n) is 5.35. The highest BCUT2D eigenvalue weighted by Gasteiger charge is 2.67. The lowest BCUT2D eigenvalue weighted by molar-refractivity contribution is -0.0370. The van der Waals surface area contributed by atoms with Crippen LogP contribution >= 0.6 is 50.7 Å². The molecule has 2 aliphatic rings. The molecule has 0 aliphatic heterocycles. The third-order valence-corrected chi connectivity index (χ3v) is 6.96. The van der Waals surface area contributed by atoms with E-state index in [1.165, 1.54) is 12.0 Å². The lowest BCUT2D eigenvalue weighted by Gasteiger charge is -2.64. The number of alkyl halides is 4. The SMILES string of the molecule is ClC(Cl)(Cl)C1[C@H]2CCC[C@@H]1C2(Br)c1ccccc1. The highest BCUT2D eigenvalue weighted by molar-refractivity contribution is 9.09. The van der Waals surface area contributed by atoms with Crippen LogP contribution in [0.5, 0.6) is 0 Å². The van der Waals surface area contributed by atoms with Crippen molar-refractivity contribution in [2.45, 2.75) is 27.4 Å². The maximum absolute atomic E-state index is 6.16. The van der Waals surface area contributed by atoms with Gasteiger partial charge < -0.3 is 0 Å². The molecule has 2 saturated carbocycles. The fraction of sp³-hybridized carbons (Fsp3) is 0.571. The van der Waals surface area contributed by atoms with Gasteiger partial charge in [0.25, 0.3) is 0 Å². The van der Waals surface area contributed by atoms with Gasteiger partial charge in [0.05, 0.1) is 4.32 Å². The van der Waals surface area contributed by atoms with Gasteiger partial charge in [-0.25, -0.2) is 0 Å². The smallest absolute Gasteiger partial charge is 0.0834 e. The molecule has 0 aromatic heterocycles. The highest BCUT2D eigenvalue weighted by Crippen LogP contribution is 2.71. The number of fused-ring (bicyclic) bond motifs is 2. The summed E-state index contributed by atoms with van der Waals surface area (Å²) in [5.74, 6) is 1.02. The van der Waals surface area contributed by atoms with Crippen LogP contribution in [-0.4, -0.2) is 3.79 Å². The van der Waals surface area contributed by atoms with Gasteiger partial charge in [0.1, 0.15) is 0 Å². The van der Waals surface area contributed by atoms with E-state index in [-0.39, 0.29) is 10.2 Å². The molecule has 3 rings (SSSR count). The number of halogens is 4. The van der Waals surface area contributed by atoms with E-state index in [0.717, 1.165) is 12.8 Å². The van der Waals surface area contributed by atoms with Crippen LogP contribution in [0.3, 0.4) is 0 Å². The van der Waals surface area contributed by atoms with E-state index in [2.05, 4.69) is 40.2 Å². The summed E-state index contributed by atoms with van der Waals surface area (Å²) in [5, 5.41) is 0. The molecule has 0 nitrogen and oxygen atoms in total. The summed E-state index contributed by atoms with van der Waals surface area (Å²) in [7, 11) is 0. The van der Waals surface area contributed by atoms with Gasteiger partial charge in [-0.15, -0.1) is 0 Å². The van der Waals surface area contributed by atoms with Crippen molar-refractivity contribution in [2.24, 2.45) is 17.8 Å². The van der Waals surface area contributed by atoms with E-state index in [1.54, 1.807) is 0 Å². The summed E-state index contributed by atoms with van der Waals surface area (Å²) in [6.45, 7) is 0. The maximum Gasteiger partial charge on any atom is 0.194 e. The molecule has 2 bridgehead atoms. The Labute approximate surface area is 131 Å². The number of hydrogen-bond donors (Lipinski definition) is 0. The van der Waals surface area contributed by atoms with E-state index in [0.29, 0.717) is 11.8 Å². The quantitative estimate of drug-likeness (QED) is 0.558. The van der Waals surface area contributed by atoms with Crippen molar-refractivity contribution in [3.05, 3.63) is 35.9 Å². The number of rotatable bonds is 1. The van der Waals surface area contributed by atoms with Crippen LogP contribution in [0.15, 0.2) is 30.3 Å². The molecule has 4 atom stereocenters. The Morgan fingerprint density at radius 2 is 1.61 bits per heavy atom. The normalized spacial score (nSPS) is 39.2. The van der Waals surface area contributed by atoms with Gasteiger partial charge in [0.2, 0.25) is 0 Å². The Balaban J connectivity index is 1.97. The third kappa shape index (κ3) is 1.85. The van der Waals surface area contributed by atoms with Crippen molar-refractivity contribution in [1.29, 1.82) is 0 Å². The average Bonchev–Trinajstić information content (AvgIpc) is 2.37. The molecule has 2 fully saturated rings. The first kappa shape index (κ1) is 13.5. The van der Waals surface area contributed by atoms with Gasteiger partial charge in [-0.2, -0.15) is 0 Å². The zero-order valence-electron chi connectivity index (χ0n) is 9.75. The summed E-state index contributed by atoms with van der Waals surface area (Å²) in [5.41, 5.74) is 1.32. The summed E-state index contributed by atoms with van der Waals surface area (Å²) in [6.07, 6.45) is 3.51. The van der Waals surface area contributed by atoms with E-state index in [4.69, 9.17) is 34.8 Å². The van der Waals surface area contributed by atoms with Gasteiger partial charge in [-0.3, -0.25) is 0 Å². The first-order chi connectivity index (χ1) is 8.45. The minimum absolute atomic E-state index is 0.0150. The first-order valence-electron chi connectivity index (χ1n) is 6.27. The van der Waals surface area contributed by atoms with Crippen molar-refractivity contribution < 1.29 is 0 Å². The van der Waals surface area contributed by atoms with Crippen LogP contribution < -0.4 is 0 Å². The molecule has 98 valence electrons. The number of hydrogen-bond acceptors (Lipinski definition) is 0. The molecule has 1 aromatic rings. The van der Waals surface area contributed by atoms with Crippen molar-refractivity contribution in [2.75, 3.05) is 0 Å². The Morgan fingerprint density at radius 1 is 1.06 bits per heavy atom. The van der Waals surface area contributed by atoms with Crippen LogP contribution in [0.1, 0.15) is 24.8 Å². The molecule has 0 amide bonds.